The molecule has 0 bridgehead atoms. The Morgan fingerprint density at radius 1 is 1.56 bits per heavy atom. The van der Waals surface area contributed by atoms with E-state index in [0.29, 0.717) is 5.04 Å². The van der Waals surface area contributed by atoms with Gasteiger partial charge in [-0.3, -0.25) is 9.83 Å². The summed E-state index contributed by atoms with van der Waals surface area (Å²) >= 11 is 1.60. The molecule has 0 aromatic heterocycles. The highest BCUT2D eigenvalue weighted by Gasteiger charge is 2.36. The molecule has 1 N–H and O–H groups in total. The Morgan fingerprint density at radius 3 is 2.83 bits per heavy atom. The van der Waals surface area contributed by atoms with Gasteiger partial charge in [0.2, 0.25) is 0 Å². The number of thioether (sulfide) groups is 1. The van der Waals surface area contributed by atoms with E-state index in [1.165, 1.54) is 7.05 Å². The summed E-state index contributed by atoms with van der Waals surface area (Å²) < 4.78 is 0. The highest BCUT2D eigenvalue weighted by molar-refractivity contribution is 8.17. The Bertz CT molecular complexity index is 368. The van der Waals surface area contributed by atoms with Crippen molar-refractivity contribution in [3.63, 3.8) is 0 Å². The molecule has 1 atom stereocenters. The third-order valence-corrected chi connectivity index (χ3v) is 4.38. The molecule has 0 spiro atoms. The lowest BCUT2D eigenvalue weighted by Gasteiger charge is -2.22. The number of nitrogens with one attached hydrogen (secondary N) is 1. The van der Waals surface area contributed by atoms with Crippen LogP contribution in [0.3, 0.4) is 0 Å². The first kappa shape index (κ1) is 15.0. The monoisotopic (exact) mass is 271 g/mol. The van der Waals surface area contributed by atoms with Gasteiger partial charge in [-0.25, -0.2) is 4.79 Å². The molecule has 0 fully saturated rings. The van der Waals surface area contributed by atoms with E-state index >= 15 is 0 Å². The van der Waals surface area contributed by atoms with Crippen molar-refractivity contribution in [1.82, 2.24) is 5.32 Å². The molecule has 1 unspecified atom stereocenters. The van der Waals surface area contributed by atoms with Crippen LogP contribution in [-0.2, 0) is 4.84 Å². The van der Waals surface area contributed by atoms with E-state index < -0.39 is 6.09 Å². The van der Waals surface area contributed by atoms with E-state index in [1.54, 1.807) is 11.8 Å². The van der Waals surface area contributed by atoms with Crippen molar-refractivity contribution in [2.45, 2.75) is 51.3 Å². The molecular weight excluding hydrogens is 250 g/mol. The number of hydrogen-bond acceptors (Lipinski definition) is 5. The largest absolute Gasteiger partial charge is 0.433 e. The van der Waals surface area contributed by atoms with Gasteiger partial charge in [0.15, 0.2) is 5.04 Å². The molecule has 102 valence electrons. The molecule has 0 saturated carbocycles. The molecule has 0 aromatic rings. The van der Waals surface area contributed by atoms with E-state index in [2.05, 4.69) is 24.3 Å². The highest BCUT2D eigenvalue weighted by atomic mass is 32.2. The fourth-order valence-electron chi connectivity index (χ4n) is 1.73. The molecular formula is C12H21N3O2S. The van der Waals surface area contributed by atoms with Gasteiger partial charge in [0, 0.05) is 7.05 Å². The van der Waals surface area contributed by atoms with Crippen LogP contribution in [0, 0.1) is 0 Å². The summed E-state index contributed by atoms with van der Waals surface area (Å²) in [5.41, 5.74) is 0.849. The molecule has 5 nitrogen and oxygen atoms in total. The van der Waals surface area contributed by atoms with Crippen LogP contribution in [-0.4, -0.2) is 28.8 Å². The van der Waals surface area contributed by atoms with Crippen LogP contribution < -0.4 is 5.32 Å². The van der Waals surface area contributed by atoms with Gasteiger partial charge < -0.3 is 5.32 Å². The summed E-state index contributed by atoms with van der Waals surface area (Å²) in [6.07, 6.45) is 3.72. The predicted molar refractivity (Wildman–Crippen MR) is 76.2 cm³/mol. The maximum absolute atomic E-state index is 11.0. The van der Waals surface area contributed by atoms with Crippen LogP contribution >= 0.6 is 11.8 Å². The number of carbonyl (C=O) groups is 1. The van der Waals surface area contributed by atoms with Crippen LogP contribution in [0.15, 0.2) is 10.1 Å². The summed E-state index contributed by atoms with van der Waals surface area (Å²) in [7, 11) is 1.50. The number of nitrogens with zero attached hydrogens (tertiary/aromatic N) is 2. The second-order valence-corrected chi connectivity index (χ2v) is 5.58. The maximum atomic E-state index is 11.0. The van der Waals surface area contributed by atoms with E-state index in [1.807, 2.05) is 6.92 Å². The molecule has 0 saturated heterocycles. The number of oxime groups is 1. The number of unbranched alkanes of at least 4 members (excludes halogenated alkanes) is 1. The summed E-state index contributed by atoms with van der Waals surface area (Å²) in [6.45, 7) is 6.20. The summed E-state index contributed by atoms with van der Waals surface area (Å²) in [6, 6.07) is 0. The standard InChI is InChI=1S/C12H21N3O2S/c1-5-7-8-12(6-2)14-9(3)10(18-12)15-17-11(16)13-4/h5-8H2,1-4H3,(H,13,16). The average molecular weight is 271 g/mol. The highest BCUT2D eigenvalue weighted by Crippen LogP contribution is 2.41. The second-order valence-electron chi connectivity index (χ2n) is 4.23. The predicted octanol–water partition coefficient (Wildman–Crippen LogP) is 3.16. The molecule has 1 aliphatic heterocycles. The van der Waals surface area contributed by atoms with E-state index in [4.69, 9.17) is 9.83 Å². The van der Waals surface area contributed by atoms with Gasteiger partial charge in [-0.05, 0) is 19.8 Å². The minimum Gasteiger partial charge on any atom is -0.323 e. The normalized spacial score (nSPS) is 25.1. The van der Waals surface area contributed by atoms with Crippen molar-refractivity contribution < 1.29 is 9.63 Å². The van der Waals surface area contributed by atoms with Gasteiger partial charge >= 0.3 is 6.09 Å². The average Bonchev–Trinajstić information content (AvgIpc) is 2.71. The number of hydrogen-bond donors (Lipinski definition) is 1. The molecule has 1 amide bonds. The first-order valence-corrected chi connectivity index (χ1v) is 7.11. The zero-order valence-electron chi connectivity index (χ0n) is 11.4. The molecule has 1 heterocycles. The Morgan fingerprint density at radius 2 is 2.28 bits per heavy atom. The zero-order chi connectivity index (χ0) is 13.6. The molecule has 0 radical (unpaired) electrons. The second kappa shape index (κ2) is 6.78. The number of rotatable bonds is 5. The van der Waals surface area contributed by atoms with Crippen LogP contribution in [0.1, 0.15) is 46.5 Å². The minimum absolute atomic E-state index is 0.120. The van der Waals surface area contributed by atoms with E-state index in [-0.39, 0.29) is 4.87 Å². The van der Waals surface area contributed by atoms with Crippen LogP contribution in [0.4, 0.5) is 4.79 Å². The fourth-order valence-corrected chi connectivity index (χ4v) is 2.93. The lowest BCUT2D eigenvalue weighted by molar-refractivity contribution is 0.154. The van der Waals surface area contributed by atoms with Crippen LogP contribution in [0.2, 0.25) is 0 Å². The summed E-state index contributed by atoms with van der Waals surface area (Å²) in [5.74, 6) is 0. The van der Waals surface area contributed by atoms with Crippen molar-refractivity contribution in [3.05, 3.63) is 0 Å². The molecule has 0 aromatic carbocycles. The molecule has 1 aliphatic rings. The Kier molecular flexibility index (Phi) is 5.65. The van der Waals surface area contributed by atoms with Gasteiger partial charge in [-0.1, -0.05) is 43.6 Å². The Balaban J connectivity index is 2.72. The topological polar surface area (TPSA) is 63.1 Å². The first-order valence-electron chi connectivity index (χ1n) is 6.29. The molecule has 6 heteroatoms. The fraction of sp³-hybridized carbons (Fsp3) is 0.750. The molecule has 0 aliphatic carbocycles. The van der Waals surface area contributed by atoms with Gasteiger partial charge in [-0.2, -0.15) is 0 Å². The smallest absolute Gasteiger partial charge is 0.323 e. The van der Waals surface area contributed by atoms with Crippen LogP contribution in [0.5, 0.6) is 0 Å². The number of aliphatic imine (C=N–C) groups is 1. The lowest BCUT2D eigenvalue weighted by Crippen LogP contribution is -2.19. The van der Waals surface area contributed by atoms with Gasteiger partial charge in [0.05, 0.1) is 5.71 Å². The van der Waals surface area contributed by atoms with Crippen molar-refractivity contribution >= 4 is 28.6 Å². The van der Waals surface area contributed by atoms with Gasteiger partial charge in [-0.15, -0.1) is 0 Å². The van der Waals surface area contributed by atoms with Crippen LogP contribution in [0.25, 0.3) is 0 Å². The number of amides is 1. The van der Waals surface area contributed by atoms with Gasteiger partial charge in [0.25, 0.3) is 0 Å². The third kappa shape index (κ3) is 3.73. The van der Waals surface area contributed by atoms with Crippen molar-refractivity contribution in [2.75, 3.05) is 7.05 Å². The Hall–Kier alpha value is -1.04. The van der Waals surface area contributed by atoms with Crippen molar-refractivity contribution in [2.24, 2.45) is 10.1 Å². The first-order chi connectivity index (χ1) is 8.56. The third-order valence-electron chi connectivity index (χ3n) is 2.86. The summed E-state index contributed by atoms with van der Waals surface area (Å²) in [4.78, 5) is 20.3. The SMILES string of the molecule is CCCCC1(CC)N=C(C)C(=NOC(=O)NC)S1. The Labute approximate surface area is 112 Å². The van der Waals surface area contributed by atoms with Crippen molar-refractivity contribution in [1.29, 1.82) is 0 Å². The quantitative estimate of drug-likeness (QED) is 0.617. The lowest BCUT2D eigenvalue weighted by atomic mass is 10.1. The zero-order valence-corrected chi connectivity index (χ0v) is 12.3. The summed E-state index contributed by atoms with van der Waals surface area (Å²) in [5, 5.41) is 6.92. The van der Waals surface area contributed by atoms with Gasteiger partial charge in [0.1, 0.15) is 4.87 Å². The minimum atomic E-state index is -0.557. The van der Waals surface area contributed by atoms with E-state index in [9.17, 15) is 4.79 Å². The maximum Gasteiger partial charge on any atom is 0.433 e. The number of carbonyl (C=O) groups excluding carboxylic acids is 1. The molecule has 18 heavy (non-hydrogen) atoms. The molecule has 1 rings (SSSR count). The van der Waals surface area contributed by atoms with E-state index in [0.717, 1.165) is 31.4 Å². The van der Waals surface area contributed by atoms with Crippen molar-refractivity contribution in [3.8, 4) is 0 Å².